The molecule has 1 aromatic carbocycles. The molecule has 1 aliphatic carbocycles. The first-order valence-corrected chi connectivity index (χ1v) is 12.2. The summed E-state index contributed by atoms with van der Waals surface area (Å²) in [6, 6.07) is 7.04. The van der Waals surface area contributed by atoms with Crippen molar-refractivity contribution in [3.63, 3.8) is 0 Å². The highest BCUT2D eigenvalue weighted by atomic mass is 35.5. The number of carbonyl (C=O) groups is 2. The van der Waals surface area contributed by atoms with Gasteiger partial charge in [-0.25, -0.2) is 0 Å². The van der Waals surface area contributed by atoms with E-state index in [-0.39, 0.29) is 17.9 Å². The molecular formula is C24H37ClN4O2. The molecule has 1 aromatic rings. The normalized spacial score (nSPS) is 19.0. The standard InChI is InChI=1S/C24H37ClN4O2/c1-3-27(4-2)13-12-26-23(30)22(19-8-5-6-9-19)28-14-16-29(17-15-28)24(31)20-10-7-11-21(25)18-20/h7,10-11,18-19,22H,3-6,8-9,12-17H2,1-2H3,(H,26,30). The van der Waals surface area contributed by atoms with Crippen LogP contribution in [0.3, 0.4) is 0 Å². The molecule has 31 heavy (non-hydrogen) atoms. The Morgan fingerprint density at radius 3 is 2.42 bits per heavy atom. The Morgan fingerprint density at radius 2 is 1.81 bits per heavy atom. The molecule has 3 rings (SSSR count). The van der Waals surface area contributed by atoms with Crippen LogP contribution in [0.1, 0.15) is 49.9 Å². The smallest absolute Gasteiger partial charge is 0.253 e. The molecule has 1 heterocycles. The summed E-state index contributed by atoms with van der Waals surface area (Å²) in [7, 11) is 0. The molecule has 0 radical (unpaired) electrons. The van der Waals surface area contributed by atoms with E-state index in [0.29, 0.717) is 36.1 Å². The molecule has 1 aliphatic heterocycles. The van der Waals surface area contributed by atoms with E-state index in [1.807, 2.05) is 17.0 Å². The van der Waals surface area contributed by atoms with Crippen LogP contribution in [0.2, 0.25) is 5.02 Å². The Balaban J connectivity index is 1.58. The number of amides is 2. The van der Waals surface area contributed by atoms with Gasteiger partial charge in [-0.05, 0) is 50.0 Å². The molecular weight excluding hydrogens is 412 g/mol. The van der Waals surface area contributed by atoms with E-state index < -0.39 is 0 Å². The predicted octanol–water partition coefficient (Wildman–Crippen LogP) is 3.11. The zero-order valence-electron chi connectivity index (χ0n) is 19.0. The van der Waals surface area contributed by atoms with E-state index in [2.05, 4.69) is 29.0 Å². The predicted molar refractivity (Wildman–Crippen MR) is 125 cm³/mol. The number of likely N-dealkylation sites (N-methyl/N-ethyl adjacent to an activating group) is 1. The average Bonchev–Trinajstić information content (AvgIpc) is 3.31. The summed E-state index contributed by atoms with van der Waals surface area (Å²) in [5.74, 6) is 0.598. The SMILES string of the molecule is CCN(CC)CCNC(=O)C(C1CCCC1)N1CCN(C(=O)c2cccc(Cl)c2)CC1. The molecule has 1 saturated carbocycles. The van der Waals surface area contributed by atoms with Gasteiger partial charge in [-0.3, -0.25) is 14.5 Å². The number of nitrogens with zero attached hydrogens (tertiary/aromatic N) is 3. The molecule has 1 saturated heterocycles. The zero-order chi connectivity index (χ0) is 22.2. The summed E-state index contributed by atoms with van der Waals surface area (Å²) >= 11 is 6.05. The van der Waals surface area contributed by atoms with Crippen LogP contribution in [-0.2, 0) is 4.79 Å². The second-order valence-electron chi connectivity index (χ2n) is 8.65. The van der Waals surface area contributed by atoms with Crippen LogP contribution in [0.5, 0.6) is 0 Å². The van der Waals surface area contributed by atoms with Crippen LogP contribution < -0.4 is 5.32 Å². The van der Waals surface area contributed by atoms with Gasteiger partial charge >= 0.3 is 0 Å². The molecule has 2 fully saturated rings. The monoisotopic (exact) mass is 448 g/mol. The van der Waals surface area contributed by atoms with Gasteiger partial charge in [0.1, 0.15) is 0 Å². The second-order valence-corrected chi connectivity index (χ2v) is 9.08. The molecule has 0 aromatic heterocycles. The van der Waals surface area contributed by atoms with Crippen LogP contribution in [0.15, 0.2) is 24.3 Å². The highest BCUT2D eigenvalue weighted by Gasteiger charge is 2.37. The van der Waals surface area contributed by atoms with Crippen molar-refractivity contribution in [1.82, 2.24) is 20.0 Å². The minimum atomic E-state index is -0.0809. The lowest BCUT2D eigenvalue weighted by Crippen LogP contribution is -2.58. The molecule has 7 heteroatoms. The molecule has 6 nitrogen and oxygen atoms in total. The van der Waals surface area contributed by atoms with Crippen LogP contribution in [0, 0.1) is 5.92 Å². The van der Waals surface area contributed by atoms with Crippen molar-refractivity contribution in [2.75, 3.05) is 52.4 Å². The fourth-order valence-electron chi connectivity index (χ4n) is 4.94. The maximum atomic E-state index is 13.2. The first-order chi connectivity index (χ1) is 15.0. The number of halogens is 1. The van der Waals surface area contributed by atoms with Gasteiger partial charge in [0.05, 0.1) is 6.04 Å². The average molecular weight is 449 g/mol. The fraction of sp³-hybridized carbons (Fsp3) is 0.667. The number of nitrogens with one attached hydrogen (secondary N) is 1. The Morgan fingerprint density at radius 1 is 1.13 bits per heavy atom. The van der Waals surface area contributed by atoms with Gasteiger partial charge in [0.15, 0.2) is 0 Å². The first kappa shape index (κ1) is 24.0. The summed E-state index contributed by atoms with van der Waals surface area (Å²) in [6.45, 7) is 10.6. The van der Waals surface area contributed by atoms with Crippen LogP contribution in [0.25, 0.3) is 0 Å². The van der Waals surface area contributed by atoms with Crippen molar-refractivity contribution in [1.29, 1.82) is 0 Å². The number of carbonyl (C=O) groups excluding carboxylic acids is 2. The molecule has 2 aliphatic rings. The quantitative estimate of drug-likeness (QED) is 0.630. The number of rotatable bonds is 9. The third kappa shape index (κ3) is 6.43. The fourth-order valence-corrected chi connectivity index (χ4v) is 5.13. The van der Waals surface area contributed by atoms with Gasteiger partial charge in [-0.1, -0.05) is 44.4 Å². The second kappa shape index (κ2) is 11.8. The number of piperazine rings is 1. The van der Waals surface area contributed by atoms with E-state index in [1.165, 1.54) is 12.8 Å². The van der Waals surface area contributed by atoms with Gasteiger partial charge in [0.25, 0.3) is 5.91 Å². The van der Waals surface area contributed by atoms with E-state index >= 15 is 0 Å². The summed E-state index contributed by atoms with van der Waals surface area (Å²) in [6.07, 6.45) is 4.66. The third-order valence-corrected chi connectivity index (χ3v) is 7.04. The van der Waals surface area contributed by atoms with Gasteiger partial charge in [-0.2, -0.15) is 0 Å². The van der Waals surface area contributed by atoms with Gasteiger partial charge in [0, 0.05) is 49.9 Å². The molecule has 1 N–H and O–H groups in total. The Bertz CT molecular complexity index is 726. The summed E-state index contributed by atoms with van der Waals surface area (Å²) < 4.78 is 0. The van der Waals surface area contributed by atoms with Crippen molar-refractivity contribution >= 4 is 23.4 Å². The Labute approximate surface area is 191 Å². The topological polar surface area (TPSA) is 55.9 Å². The number of hydrogen-bond donors (Lipinski definition) is 1. The molecule has 2 amide bonds. The van der Waals surface area contributed by atoms with Crippen molar-refractivity contribution in [2.24, 2.45) is 5.92 Å². The maximum Gasteiger partial charge on any atom is 0.253 e. The molecule has 0 bridgehead atoms. The highest BCUT2D eigenvalue weighted by Crippen LogP contribution is 2.31. The zero-order valence-corrected chi connectivity index (χ0v) is 19.7. The van der Waals surface area contributed by atoms with Crippen LogP contribution >= 0.6 is 11.6 Å². The largest absolute Gasteiger partial charge is 0.353 e. The maximum absolute atomic E-state index is 13.2. The van der Waals surface area contributed by atoms with Crippen molar-refractivity contribution in [2.45, 2.75) is 45.6 Å². The van der Waals surface area contributed by atoms with Gasteiger partial charge in [0.2, 0.25) is 5.91 Å². The minimum Gasteiger partial charge on any atom is -0.353 e. The van der Waals surface area contributed by atoms with Crippen LogP contribution in [0.4, 0.5) is 0 Å². The Hall–Kier alpha value is -1.63. The van der Waals surface area contributed by atoms with E-state index in [9.17, 15) is 9.59 Å². The molecule has 1 unspecified atom stereocenters. The summed E-state index contributed by atoms with van der Waals surface area (Å²) in [4.78, 5) is 32.6. The third-order valence-electron chi connectivity index (χ3n) is 6.80. The van der Waals surface area contributed by atoms with Crippen LogP contribution in [-0.4, -0.2) is 84.9 Å². The number of benzene rings is 1. The summed E-state index contributed by atoms with van der Waals surface area (Å²) in [5.41, 5.74) is 0.627. The van der Waals surface area contributed by atoms with Gasteiger partial charge < -0.3 is 15.1 Å². The lowest BCUT2D eigenvalue weighted by molar-refractivity contribution is -0.129. The van der Waals surface area contributed by atoms with Gasteiger partial charge in [-0.15, -0.1) is 0 Å². The van der Waals surface area contributed by atoms with Crippen molar-refractivity contribution in [3.05, 3.63) is 34.9 Å². The number of hydrogen-bond acceptors (Lipinski definition) is 4. The highest BCUT2D eigenvalue weighted by molar-refractivity contribution is 6.30. The van der Waals surface area contributed by atoms with Crippen molar-refractivity contribution in [3.8, 4) is 0 Å². The molecule has 1 atom stereocenters. The van der Waals surface area contributed by atoms with E-state index in [1.54, 1.807) is 12.1 Å². The lowest BCUT2D eigenvalue weighted by atomic mass is 9.95. The van der Waals surface area contributed by atoms with Crippen molar-refractivity contribution < 1.29 is 9.59 Å². The van der Waals surface area contributed by atoms with E-state index in [0.717, 1.165) is 45.6 Å². The molecule has 0 spiro atoms. The Kier molecular flexibility index (Phi) is 9.17. The lowest BCUT2D eigenvalue weighted by Gasteiger charge is -2.40. The first-order valence-electron chi connectivity index (χ1n) is 11.8. The minimum absolute atomic E-state index is 0.0169. The van der Waals surface area contributed by atoms with E-state index in [4.69, 9.17) is 11.6 Å². The summed E-state index contributed by atoms with van der Waals surface area (Å²) in [5, 5.41) is 3.78. The molecule has 172 valence electrons.